The van der Waals surface area contributed by atoms with Crippen LogP contribution in [0.2, 0.25) is 0 Å². The summed E-state index contributed by atoms with van der Waals surface area (Å²) >= 11 is 0. The zero-order chi connectivity index (χ0) is 12.3. The molecule has 0 radical (unpaired) electrons. The minimum atomic E-state index is -0.944. The number of carboxylic acids is 1. The van der Waals surface area contributed by atoms with E-state index in [4.69, 9.17) is 5.11 Å². The van der Waals surface area contributed by atoms with Gasteiger partial charge in [0.15, 0.2) is 17.3 Å². The third-order valence-corrected chi connectivity index (χ3v) is 2.32. The zero-order valence-electron chi connectivity index (χ0n) is 8.83. The van der Waals surface area contributed by atoms with Crippen molar-refractivity contribution in [3.63, 3.8) is 0 Å². The third kappa shape index (κ3) is 2.62. The van der Waals surface area contributed by atoms with Gasteiger partial charge in [-0.1, -0.05) is 0 Å². The van der Waals surface area contributed by atoms with E-state index < -0.39 is 23.3 Å². The number of carbonyl (C=O) groups is 1. The number of halogens is 1. The Balaban J connectivity index is 2.85. The molecule has 5 heteroatoms. The molecule has 88 valence electrons. The quantitative estimate of drug-likeness (QED) is 0.688. The largest absolute Gasteiger partial charge is 0.504 e. The van der Waals surface area contributed by atoms with Gasteiger partial charge in [0.25, 0.3) is 0 Å². The highest BCUT2D eigenvalue weighted by atomic mass is 19.1. The lowest BCUT2D eigenvalue weighted by Gasteiger charge is -2.08. The van der Waals surface area contributed by atoms with Gasteiger partial charge in [-0.15, -0.1) is 0 Å². The Labute approximate surface area is 92.0 Å². The summed E-state index contributed by atoms with van der Waals surface area (Å²) in [5, 5.41) is 26.9. The maximum atomic E-state index is 13.4. The molecule has 0 heterocycles. The van der Waals surface area contributed by atoms with Gasteiger partial charge in [0.2, 0.25) is 0 Å². The van der Waals surface area contributed by atoms with Crippen molar-refractivity contribution in [2.75, 3.05) is 0 Å². The molecule has 0 aliphatic heterocycles. The predicted octanol–water partition coefficient (Wildman–Crippen LogP) is 1.95. The van der Waals surface area contributed by atoms with E-state index in [0.717, 1.165) is 0 Å². The molecular weight excluding hydrogens is 215 g/mol. The fourth-order valence-electron chi connectivity index (χ4n) is 1.45. The summed E-state index contributed by atoms with van der Waals surface area (Å²) in [7, 11) is 0. The Kier molecular flexibility index (Phi) is 3.71. The number of phenols is 2. The van der Waals surface area contributed by atoms with Gasteiger partial charge < -0.3 is 15.3 Å². The van der Waals surface area contributed by atoms with Gasteiger partial charge in [0.1, 0.15) is 0 Å². The molecule has 0 atom stereocenters. The predicted molar refractivity (Wildman–Crippen MR) is 55.0 cm³/mol. The van der Waals surface area contributed by atoms with Crippen molar-refractivity contribution in [1.82, 2.24) is 0 Å². The van der Waals surface area contributed by atoms with Crippen molar-refractivity contribution in [1.29, 1.82) is 0 Å². The van der Waals surface area contributed by atoms with E-state index in [1.165, 1.54) is 13.0 Å². The van der Waals surface area contributed by atoms with Gasteiger partial charge in [0.05, 0.1) is 0 Å². The van der Waals surface area contributed by atoms with Crippen molar-refractivity contribution >= 4 is 5.97 Å². The van der Waals surface area contributed by atoms with Crippen LogP contribution in [0.4, 0.5) is 4.39 Å². The van der Waals surface area contributed by atoms with Crippen LogP contribution in [0.25, 0.3) is 0 Å². The minimum absolute atomic E-state index is 0.0554. The first-order chi connectivity index (χ1) is 7.43. The van der Waals surface area contributed by atoms with Crippen LogP contribution in [0, 0.1) is 12.7 Å². The lowest BCUT2D eigenvalue weighted by atomic mass is 10.0. The minimum Gasteiger partial charge on any atom is -0.504 e. The molecule has 3 N–H and O–H groups in total. The Morgan fingerprint density at radius 2 is 2.00 bits per heavy atom. The molecule has 1 aromatic carbocycles. The average Bonchev–Trinajstić information content (AvgIpc) is 2.22. The second-order valence-corrected chi connectivity index (χ2v) is 3.61. The molecule has 4 nitrogen and oxygen atoms in total. The van der Waals surface area contributed by atoms with Gasteiger partial charge in [-0.05, 0) is 37.0 Å². The van der Waals surface area contributed by atoms with E-state index in [-0.39, 0.29) is 24.8 Å². The monoisotopic (exact) mass is 228 g/mol. The van der Waals surface area contributed by atoms with Crippen LogP contribution in [0.1, 0.15) is 24.0 Å². The summed E-state index contributed by atoms with van der Waals surface area (Å²) in [5.41, 5.74) is 0.582. The van der Waals surface area contributed by atoms with Crippen LogP contribution in [0.5, 0.6) is 11.5 Å². The Bertz CT molecular complexity index is 415. The van der Waals surface area contributed by atoms with E-state index in [2.05, 4.69) is 0 Å². The van der Waals surface area contributed by atoms with Crippen molar-refractivity contribution in [2.45, 2.75) is 26.2 Å². The highest BCUT2D eigenvalue weighted by molar-refractivity contribution is 5.66. The van der Waals surface area contributed by atoms with Crippen molar-refractivity contribution < 1.29 is 24.5 Å². The Morgan fingerprint density at radius 3 is 2.56 bits per heavy atom. The van der Waals surface area contributed by atoms with Crippen molar-refractivity contribution in [2.24, 2.45) is 0 Å². The summed E-state index contributed by atoms with van der Waals surface area (Å²) in [5.74, 6) is -3.07. The van der Waals surface area contributed by atoms with Crippen LogP contribution >= 0.6 is 0 Å². The zero-order valence-corrected chi connectivity index (χ0v) is 8.83. The lowest BCUT2D eigenvalue weighted by Crippen LogP contribution is -1.98. The number of rotatable bonds is 4. The Morgan fingerprint density at radius 1 is 1.38 bits per heavy atom. The molecule has 0 saturated heterocycles. The topological polar surface area (TPSA) is 77.8 Å². The smallest absolute Gasteiger partial charge is 0.303 e. The average molecular weight is 228 g/mol. The van der Waals surface area contributed by atoms with Crippen LogP contribution < -0.4 is 0 Å². The summed E-state index contributed by atoms with van der Waals surface area (Å²) in [6.45, 7) is 1.54. The number of hydrogen-bond acceptors (Lipinski definition) is 3. The van der Waals surface area contributed by atoms with E-state index in [1.807, 2.05) is 0 Å². The van der Waals surface area contributed by atoms with E-state index in [9.17, 15) is 19.4 Å². The number of benzene rings is 1. The molecule has 0 aliphatic rings. The van der Waals surface area contributed by atoms with Gasteiger partial charge in [0, 0.05) is 6.42 Å². The molecule has 1 aromatic rings. The maximum absolute atomic E-state index is 13.4. The standard InChI is InChI=1S/C11H13FO4/c1-6-5-7(3-2-4-8(13)14)9(12)11(16)10(6)15/h5,15-16H,2-4H2,1H3,(H,13,14). The van der Waals surface area contributed by atoms with Gasteiger partial charge >= 0.3 is 5.97 Å². The molecule has 0 unspecified atom stereocenters. The first kappa shape index (κ1) is 12.3. The first-order valence-corrected chi connectivity index (χ1v) is 4.85. The number of hydrogen-bond donors (Lipinski definition) is 3. The molecule has 0 fully saturated rings. The van der Waals surface area contributed by atoms with Crippen molar-refractivity contribution in [3.8, 4) is 11.5 Å². The summed E-state index contributed by atoms with van der Waals surface area (Å²) in [6.07, 6.45) is 0.447. The molecular formula is C11H13FO4. The number of aryl methyl sites for hydroxylation is 2. The molecule has 0 spiro atoms. The normalized spacial score (nSPS) is 10.4. The second-order valence-electron chi connectivity index (χ2n) is 3.61. The molecule has 0 aromatic heterocycles. The number of phenolic OH excluding ortho intramolecular Hbond substituents is 2. The van der Waals surface area contributed by atoms with Gasteiger partial charge in [-0.2, -0.15) is 0 Å². The summed E-state index contributed by atoms with van der Waals surface area (Å²) in [6, 6.07) is 1.41. The molecule has 0 aliphatic carbocycles. The highest BCUT2D eigenvalue weighted by Crippen LogP contribution is 2.33. The van der Waals surface area contributed by atoms with Crippen LogP contribution in [0.15, 0.2) is 6.07 Å². The number of aliphatic carboxylic acids is 1. The molecule has 16 heavy (non-hydrogen) atoms. The van der Waals surface area contributed by atoms with E-state index >= 15 is 0 Å². The fourth-order valence-corrected chi connectivity index (χ4v) is 1.45. The molecule has 1 rings (SSSR count). The van der Waals surface area contributed by atoms with Crippen molar-refractivity contribution in [3.05, 3.63) is 23.0 Å². The van der Waals surface area contributed by atoms with E-state index in [0.29, 0.717) is 5.56 Å². The third-order valence-electron chi connectivity index (χ3n) is 2.32. The maximum Gasteiger partial charge on any atom is 0.303 e. The SMILES string of the molecule is Cc1cc(CCCC(=O)O)c(F)c(O)c1O. The number of aromatic hydroxyl groups is 2. The van der Waals surface area contributed by atoms with Crippen LogP contribution in [0.3, 0.4) is 0 Å². The summed E-state index contributed by atoms with van der Waals surface area (Å²) < 4.78 is 13.4. The summed E-state index contributed by atoms with van der Waals surface area (Å²) in [4.78, 5) is 10.3. The van der Waals surface area contributed by atoms with Gasteiger partial charge in [-0.25, -0.2) is 4.39 Å². The van der Waals surface area contributed by atoms with E-state index in [1.54, 1.807) is 0 Å². The fraction of sp³-hybridized carbons (Fsp3) is 0.364. The number of carboxylic acid groups (broad SMARTS) is 1. The lowest BCUT2D eigenvalue weighted by molar-refractivity contribution is -0.137. The van der Waals surface area contributed by atoms with Gasteiger partial charge in [-0.3, -0.25) is 4.79 Å². The van der Waals surface area contributed by atoms with Crippen LogP contribution in [-0.4, -0.2) is 21.3 Å². The second kappa shape index (κ2) is 4.83. The van der Waals surface area contributed by atoms with Crippen LogP contribution in [-0.2, 0) is 11.2 Å². The molecule has 0 amide bonds. The molecule has 0 bridgehead atoms. The molecule has 0 saturated carbocycles. The Hall–Kier alpha value is -1.78. The first-order valence-electron chi connectivity index (χ1n) is 4.85. The highest BCUT2D eigenvalue weighted by Gasteiger charge is 2.14.